The van der Waals surface area contributed by atoms with Crippen LogP contribution < -0.4 is 25.7 Å². The number of amides is 2. The van der Waals surface area contributed by atoms with Crippen molar-refractivity contribution in [2.24, 2.45) is 5.92 Å². The second kappa shape index (κ2) is 13.9. The highest BCUT2D eigenvalue weighted by atomic mass is 19.4. The van der Waals surface area contributed by atoms with Gasteiger partial charge in [0.1, 0.15) is 30.3 Å². The van der Waals surface area contributed by atoms with Crippen LogP contribution in [-0.4, -0.2) is 54.2 Å². The lowest BCUT2D eigenvalue weighted by atomic mass is 9.98. The molecule has 2 atom stereocenters. The second-order valence-electron chi connectivity index (χ2n) is 9.64. The van der Waals surface area contributed by atoms with Crippen LogP contribution in [0.15, 0.2) is 65.5 Å². The Morgan fingerprint density at radius 3 is 2.14 bits per heavy atom. The number of carbonyl (C=O) groups is 2. The largest absolute Gasteiger partial charge is 0.497 e. The molecule has 1 heterocycles. The van der Waals surface area contributed by atoms with Gasteiger partial charge in [-0.05, 0) is 35.7 Å². The minimum absolute atomic E-state index is 0.0664. The van der Waals surface area contributed by atoms with Crippen molar-refractivity contribution in [2.75, 3.05) is 19.5 Å². The predicted molar refractivity (Wildman–Crippen MR) is 148 cm³/mol. The summed E-state index contributed by atoms with van der Waals surface area (Å²) in [6, 6.07) is 14.6. The fourth-order valence-corrected chi connectivity index (χ4v) is 4.10. The molecule has 0 aliphatic rings. The summed E-state index contributed by atoms with van der Waals surface area (Å²) in [6.45, 7) is 2.01. The van der Waals surface area contributed by atoms with Crippen LogP contribution in [0.5, 0.6) is 11.5 Å². The van der Waals surface area contributed by atoms with E-state index in [1.54, 1.807) is 48.5 Å². The Balaban J connectivity index is 1.98. The Kier molecular flexibility index (Phi) is 10.6. The zero-order valence-corrected chi connectivity index (χ0v) is 23.4. The van der Waals surface area contributed by atoms with Crippen LogP contribution in [0.1, 0.15) is 19.4 Å². The van der Waals surface area contributed by atoms with Crippen molar-refractivity contribution in [3.8, 4) is 22.8 Å². The van der Waals surface area contributed by atoms with Crippen LogP contribution in [0.3, 0.4) is 0 Å². The minimum atomic E-state index is -4.98. The topological polar surface area (TPSA) is 128 Å². The van der Waals surface area contributed by atoms with E-state index in [0.717, 1.165) is 4.57 Å². The zero-order chi connectivity index (χ0) is 31.0. The molecule has 0 saturated carbocycles. The maximum atomic E-state index is 13.6. The summed E-state index contributed by atoms with van der Waals surface area (Å²) < 4.78 is 56.5. The van der Waals surface area contributed by atoms with E-state index >= 15 is 0 Å². The number of pyridine rings is 1. The molecule has 0 fully saturated rings. The Morgan fingerprint density at radius 2 is 1.60 bits per heavy atom. The van der Waals surface area contributed by atoms with Crippen molar-refractivity contribution in [1.82, 2.24) is 9.88 Å². The first-order valence-corrected chi connectivity index (χ1v) is 12.8. The van der Waals surface area contributed by atoms with Gasteiger partial charge in [-0.1, -0.05) is 44.2 Å². The second-order valence-corrected chi connectivity index (χ2v) is 9.64. The quantitative estimate of drug-likeness (QED) is 0.303. The van der Waals surface area contributed by atoms with Crippen LogP contribution >= 0.6 is 0 Å². The number of ether oxygens (including phenoxy) is 3. The summed E-state index contributed by atoms with van der Waals surface area (Å²) in [4.78, 5) is 39.0. The molecule has 3 N–H and O–H groups in total. The summed E-state index contributed by atoms with van der Waals surface area (Å²) in [5, 5.41) is 14.4. The molecule has 2 amide bonds. The van der Waals surface area contributed by atoms with Gasteiger partial charge >= 0.3 is 12.3 Å². The Morgan fingerprint density at radius 1 is 0.976 bits per heavy atom. The molecule has 0 saturated heterocycles. The lowest BCUT2D eigenvalue weighted by Gasteiger charge is -2.29. The maximum absolute atomic E-state index is 13.6. The first-order valence-electron chi connectivity index (χ1n) is 12.8. The molecule has 0 aliphatic carbocycles. The van der Waals surface area contributed by atoms with Crippen LogP contribution in [0.25, 0.3) is 11.3 Å². The van der Waals surface area contributed by atoms with Gasteiger partial charge in [-0.2, -0.15) is 13.2 Å². The third-order valence-corrected chi connectivity index (χ3v) is 6.29. The molecular weight excluding hydrogens is 559 g/mol. The van der Waals surface area contributed by atoms with Crippen molar-refractivity contribution < 1.29 is 42.1 Å². The number of nitrogens with zero attached hydrogens (tertiary/aromatic N) is 1. The monoisotopic (exact) mass is 591 g/mol. The Labute approximate surface area is 240 Å². The van der Waals surface area contributed by atoms with E-state index in [2.05, 4.69) is 10.6 Å². The third-order valence-electron chi connectivity index (χ3n) is 6.29. The summed E-state index contributed by atoms with van der Waals surface area (Å²) >= 11 is 0. The lowest BCUT2D eigenvalue weighted by Crippen LogP contribution is -2.53. The number of aliphatic hydroxyl groups excluding tert-OH is 1. The van der Waals surface area contributed by atoms with Crippen LogP contribution in [0.4, 0.5) is 23.7 Å². The van der Waals surface area contributed by atoms with Gasteiger partial charge in [0.15, 0.2) is 6.10 Å². The van der Waals surface area contributed by atoms with E-state index in [-0.39, 0.29) is 18.0 Å². The number of methoxy groups -OCH3 is 2. The number of alkyl halides is 3. The fraction of sp³-hybridized carbons (Fsp3) is 0.345. The van der Waals surface area contributed by atoms with Gasteiger partial charge in [-0.3, -0.25) is 19.5 Å². The first kappa shape index (κ1) is 32.0. The van der Waals surface area contributed by atoms with E-state index in [0.29, 0.717) is 22.6 Å². The van der Waals surface area contributed by atoms with E-state index in [9.17, 15) is 32.7 Å². The van der Waals surface area contributed by atoms with Crippen molar-refractivity contribution >= 4 is 17.7 Å². The number of carbonyl (C=O) groups excluding carboxylic acids is 2. The summed E-state index contributed by atoms with van der Waals surface area (Å²) in [6.07, 6.45) is -8.74. The lowest BCUT2D eigenvalue weighted by molar-refractivity contribution is -0.215. The SMILES string of the molecule is COc1cc(OC)cc(-c2ccc(NC(=O)OCc3ccccc3)c(=O)n2CC(=O)NC(C(C)C)C(O)C(F)(F)F)c1. The first-order chi connectivity index (χ1) is 19.8. The number of rotatable bonds is 11. The number of nitrogens with one attached hydrogen (secondary N) is 2. The molecule has 0 bridgehead atoms. The third kappa shape index (κ3) is 8.26. The number of hydrogen-bond donors (Lipinski definition) is 3. The maximum Gasteiger partial charge on any atom is 0.416 e. The molecule has 226 valence electrons. The molecular formula is C29H32F3N3O7. The standard InChI is InChI=1S/C29H32F3N3O7/c1-17(2)25(26(37)29(30,31)32)34-24(36)15-35-23(19-12-20(40-3)14-21(13-19)41-4)11-10-22(27(35)38)33-28(39)42-16-18-8-6-5-7-9-18/h5-14,17,25-26,37H,15-16H2,1-4H3,(H,33,39)(H,34,36). The smallest absolute Gasteiger partial charge is 0.416 e. The van der Waals surface area contributed by atoms with E-state index in [1.807, 2.05) is 0 Å². The molecule has 1 aromatic heterocycles. The normalized spacial score (nSPS) is 12.8. The van der Waals surface area contributed by atoms with Crippen LogP contribution in [-0.2, 0) is 22.7 Å². The highest BCUT2D eigenvalue weighted by Gasteiger charge is 2.45. The van der Waals surface area contributed by atoms with Gasteiger partial charge in [0.2, 0.25) is 5.91 Å². The molecule has 2 aromatic carbocycles. The number of hydrogen-bond acceptors (Lipinski definition) is 7. The van der Waals surface area contributed by atoms with E-state index < -0.39 is 48.3 Å². The van der Waals surface area contributed by atoms with Gasteiger partial charge in [0.05, 0.1) is 26.0 Å². The van der Waals surface area contributed by atoms with Crippen LogP contribution in [0, 0.1) is 5.92 Å². The summed E-state index contributed by atoms with van der Waals surface area (Å²) in [5.74, 6) is -1.03. The summed E-state index contributed by atoms with van der Waals surface area (Å²) in [5.41, 5.74) is 0.191. The van der Waals surface area contributed by atoms with Gasteiger partial charge in [-0.25, -0.2) is 4.79 Å². The minimum Gasteiger partial charge on any atom is -0.497 e. The average molecular weight is 592 g/mol. The number of halogens is 3. The molecule has 0 radical (unpaired) electrons. The van der Waals surface area contributed by atoms with Crippen LogP contribution in [0.2, 0.25) is 0 Å². The van der Waals surface area contributed by atoms with Crippen molar-refractivity contribution in [2.45, 2.75) is 45.3 Å². The van der Waals surface area contributed by atoms with Gasteiger partial charge < -0.3 is 24.6 Å². The number of aliphatic hydroxyl groups is 1. The predicted octanol–water partition coefficient (Wildman–Crippen LogP) is 4.35. The molecule has 3 rings (SSSR count). The molecule has 42 heavy (non-hydrogen) atoms. The van der Waals surface area contributed by atoms with Crippen molar-refractivity contribution in [3.05, 3.63) is 76.6 Å². The molecule has 2 unspecified atom stereocenters. The Bertz CT molecular complexity index is 1420. The van der Waals surface area contributed by atoms with Gasteiger partial charge in [-0.15, -0.1) is 0 Å². The number of aromatic nitrogens is 1. The fourth-order valence-electron chi connectivity index (χ4n) is 4.10. The number of anilines is 1. The van der Waals surface area contributed by atoms with Crippen molar-refractivity contribution in [3.63, 3.8) is 0 Å². The molecule has 3 aromatic rings. The molecule has 10 nitrogen and oxygen atoms in total. The summed E-state index contributed by atoms with van der Waals surface area (Å²) in [7, 11) is 2.84. The molecule has 0 aliphatic heterocycles. The Hall–Kier alpha value is -4.52. The highest BCUT2D eigenvalue weighted by Crippen LogP contribution is 2.30. The van der Waals surface area contributed by atoms with E-state index in [4.69, 9.17) is 14.2 Å². The highest BCUT2D eigenvalue weighted by molar-refractivity contribution is 5.85. The molecule has 0 spiro atoms. The van der Waals surface area contributed by atoms with Gasteiger partial charge in [0.25, 0.3) is 5.56 Å². The van der Waals surface area contributed by atoms with E-state index in [1.165, 1.54) is 40.2 Å². The number of benzene rings is 2. The van der Waals surface area contributed by atoms with Crippen molar-refractivity contribution in [1.29, 1.82) is 0 Å². The molecule has 13 heteroatoms. The van der Waals surface area contributed by atoms with Gasteiger partial charge in [0, 0.05) is 11.6 Å². The zero-order valence-electron chi connectivity index (χ0n) is 23.4. The average Bonchev–Trinajstić information content (AvgIpc) is 2.96.